The van der Waals surface area contributed by atoms with Crippen molar-refractivity contribution in [1.82, 2.24) is 0 Å². The average molecular weight is 382 g/mol. The molecule has 120 valence electrons. The highest BCUT2D eigenvalue weighted by atomic mass is 79.9. The van der Waals surface area contributed by atoms with Crippen LogP contribution in [0.3, 0.4) is 0 Å². The van der Waals surface area contributed by atoms with Gasteiger partial charge < -0.3 is 10.1 Å². The lowest BCUT2D eigenvalue weighted by Gasteiger charge is -2.09. The predicted molar refractivity (Wildman–Crippen MR) is 99.3 cm³/mol. The van der Waals surface area contributed by atoms with Gasteiger partial charge in [0.1, 0.15) is 12.4 Å². The van der Waals surface area contributed by atoms with Crippen LogP contribution in [0.25, 0.3) is 0 Å². The number of carbonyl (C=O) groups excluding carboxylic acids is 1. The Morgan fingerprint density at radius 1 is 0.917 bits per heavy atom. The van der Waals surface area contributed by atoms with E-state index in [0.717, 1.165) is 10.0 Å². The normalized spacial score (nSPS) is 10.2. The summed E-state index contributed by atoms with van der Waals surface area (Å²) < 4.78 is 6.72. The minimum absolute atomic E-state index is 0.150. The van der Waals surface area contributed by atoms with E-state index < -0.39 is 0 Å². The number of hydrogen-bond donors (Lipinski definition) is 1. The molecule has 24 heavy (non-hydrogen) atoms. The highest BCUT2D eigenvalue weighted by Gasteiger charge is 2.06. The maximum absolute atomic E-state index is 12.2. The van der Waals surface area contributed by atoms with Crippen LogP contribution in [0.2, 0.25) is 0 Å². The molecule has 0 fully saturated rings. The summed E-state index contributed by atoms with van der Waals surface area (Å²) in [6, 6.07) is 24.6. The lowest BCUT2D eigenvalue weighted by Crippen LogP contribution is -2.11. The Morgan fingerprint density at radius 3 is 2.42 bits per heavy atom. The van der Waals surface area contributed by atoms with E-state index in [1.54, 1.807) is 12.1 Å². The van der Waals surface area contributed by atoms with Crippen molar-refractivity contribution in [3.05, 3.63) is 94.5 Å². The number of ether oxygens (including phenoxy) is 1. The van der Waals surface area contributed by atoms with Gasteiger partial charge >= 0.3 is 0 Å². The molecule has 0 bridgehead atoms. The lowest BCUT2D eigenvalue weighted by atomic mass is 10.2. The third kappa shape index (κ3) is 4.46. The molecule has 1 amide bonds. The Morgan fingerprint density at radius 2 is 1.67 bits per heavy atom. The zero-order valence-corrected chi connectivity index (χ0v) is 14.5. The summed E-state index contributed by atoms with van der Waals surface area (Å²) in [5.41, 5.74) is 2.41. The van der Waals surface area contributed by atoms with Crippen LogP contribution in [-0.2, 0) is 6.61 Å². The minimum atomic E-state index is -0.150. The van der Waals surface area contributed by atoms with Crippen molar-refractivity contribution in [2.45, 2.75) is 6.61 Å². The summed E-state index contributed by atoms with van der Waals surface area (Å²) in [5.74, 6) is 0.565. The minimum Gasteiger partial charge on any atom is -0.489 e. The predicted octanol–water partition coefficient (Wildman–Crippen LogP) is 5.28. The van der Waals surface area contributed by atoms with Crippen LogP contribution < -0.4 is 10.1 Å². The summed E-state index contributed by atoms with van der Waals surface area (Å²) in [6.07, 6.45) is 0. The molecule has 0 aromatic heterocycles. The van der Waals surface area contributed by atoms with Gasteiger partial charge in [0.25, 0.3) is 5.91 Å². The van der Waals surface area contributed by atoms with Crippen LogP contribution in [0.15, 0.2) is 83.3 Å². The van der Waals surface area contributed by atoms with E-state index in [1.807, 2.05) is 66.7 Å². The molecule has 0 heterocycles. The van der Waals surface area contributed by atoms with Gasteiger partial charge in [0.15, 0.2) is 0 Å². The van der Waals surface area contributed by atoms with E-state index in [0.29, 0.717) is 23.6 Å². The SMILES string of the molecule is O=C(Nc1cccc(OCc2ccccc2)c1)c1ccc(Br)cc1. The summed E-state index contributed by atoms with van der Waals surface area (Å²) in [7, 11) is 0. The number of carbonyl (C=O) groups is 1. The molecule has 0 saturated carbocycles. The fraction of sp³-hybridized carbons (Fsp3) is 0.0500. The number of rotatable bonds is 5. The molecule has 0 aliphatic carbocycles. The Labute approximate surface area is 149 Å². The second-order valence-electron chi connectivity index (χ2n) is 5.26. The summed E-state index contributed by atoms with van der Waals surface area (Å²) >= 11 is 3.36. The first-order chi connectivity index (χ1) is 11.7. The average Bonchev–Trinajstić information content (AvgIpc) is 2.62. The highest BCUT2D eigenvalue weighted by Crippen LogP contribution is 2.20. The fourth-order valence-corrected chi connectivity index (χ4v) is 2.47. The third-order valence-electron chi connectivity index (χ3n) is 3.45. The number of nitrogens with one attached hydrogen (secondary N) is 1. The lowest BCUT2D eigenvalue weighted by molar-refractivity contribution is 0.102. The molecule has 3 aromatic rings. The number of amides is 1. The molecular formula is C20H16BrNO2. The second kappa shape index (κ2) is 7.79. The van der Waals surface area contributed by atoms with Crippen LogP contribution in [0.5, 0.6) is 5.75 Å². The van der Waals surface area contributed by atoms with Gasteiger partial charge in [-0.2, -0.15) is 0 Å². The number of anilines is 1. The van der Waals surface area contributed by atoms with Gasteiger partial charge in [-0.3, -0.25) is 4.79 Å². The molecule has 0 aliphatic heterocycles. The Bertz CT molecular complexity index is 817. The number of hydrogen-bond acceptors (Lipinski definition) is 2. The molecule has 0 unspecified atom stereocenters. The number of benzene rings is 3. The summed E-state index contributed by atoms with van der Waals surface area (Å²) in [6.45, 7) is 0.491. The largest absolute Gasteiger partial charge is 0.489 e. The molecule has 3 rings (SSSR count). The number of halogens is 1. The van der Waals surface area contributed by atoms with Crippen LogP contribution in [0.1, 0.15) is 15.9 Å². The van der Waals surface area contributed by atoms with Gasteiger partial charge in [0.2, 0.25) is 0 Å². The van der Waals surface area contributed by atoms with Crippen molar-refractivity contribution in [3.63, 3.8) is 0 Å². The second-order valence-corrected chi connectivity index (χ2v) is 6.18. The maximum Gasteiger partial charge on any atom is 0.255 e. The van der Waals surface area contributed by atoms with Crippen LogP contribution in [-0.4, -0.2) is 5.91 Å². The molecule has 0 spiro atoms. The summed E-state index contributed by atoms with van der Waals surface area (Å²) in [4.78, 5) is 12.2. The topological polar surface area (TPSA) is 38.3 Å². The van der Waals surface area contributed by atoms with E-state index in [2.05, 4.69) is 21.2 Å². The van der Waals surface area contributed by atoms with Gasteiger partial charge in [-0.15, -0.1) is 0 Å². The first-order valence-corrected chi connectivity index (χ1v) is 8.34. The van der Waals surface area contributed by atoms with Gasteiger partial charge in [0, 0.05) is 21.8 Å². The van der Waals surface area contributed by atoms with Gasteiger partial charge in [-0.05, 0) is 42.0 Å². The van der Waals surface area contributed by atoms with Gasteiger partial charge in [0.05, 0.1) is 0 Å². The van der Waals surface area contributed by atoms with E-state index in [9.17, 15) is 4.79 Å². The van der Waals surface area contributed by atoms with E-state index in [-0.39, 0.29) is 5.91 Å². The Hall–Kier alpha value is -2.59. The molecule has 4 heteroatoms. The van der Waals surface area contributed by atoms with Crippen molar-refractivity contribution in [3.8, 4) is 5.75 Å². The zero-order chi connectivity index (χ0) is 16.8. The van der Waals surface area contributed by atoms with E-state index >= 15 is 0 Å². The Balaban J connectivity index is 1.64. The molecule has 0 saturated heterocycles. The molecule has 3 nitrogen and oxygen atoms in total. The Kier molecular flexibility index (Phi) is 5.29. The molecule has 3 aromatic carbocycles. The van der Waals surface area contributed by atoms with Crippen LogP contribution in [0.4, 0.5) is 5.69 Å². The molecular weight excluding hydrogens is 366 g/mol. The molecule has 0 aliphatic rings. The van der Waals surface area contributed by atoms with Crippen molar-refractivity contribution < 1.29 is 9.53 Å². The van der Waals surface area contributed by atoms with Gasteiger partial charge in [-0.1, -0.05) is 52.3 Å². The fourth-order valence-electron chi connectivity index (χ4n) is 2.21. The van der Waals surface area contributed by atoms with Crippen molar-refractivity contribution in [1.29, 1.82) is 0 Å². The smallest absolute Gasteiger partial charge is 0.255 e. The maximum atomic E-state index is 12.2. The van der Waals surface area contributed by atoms with Crippen molar-refractivity contribution in [2.75, 3.05) is 5.32 Å². The van der Waals surface area contributed by atoms with Crippen molar-refractivity contribution in [2.24, 2.45) is 0 Å². The zero-order valence-electron chi connectivity index (χ0n) is 12.9. The monoisotopic (exact) mass is 381 g/mol. The first kappa shape index (κ1) is 16.3. The third-order valence-corrected chi connectivity index (χ3v) is 3.98. The first-order valence-electron chi connectivity index (χ1n) is 7.54. The summed E-state index contributed by atoms with van der Waals surface area (Å²) in [5, 5.41) is 2.88. The van der Waals surface area contributed by atoms with Crippen LogP contribution >= 0.6 is 15.9 Å². The van der Waals surface area contributed by atoms with E-state index in [1.165, 1.54) is 0 Å². The molecule has 0 atom stereocenters. The molecule has 1 N–H and O–H groups in total. The van der Waals surface area contributed by atoms with Gasteiger partial charge in [-0.25, -0.2) is 0 Å². The van der Waals surface area contributed by atoms with E-state index in [4.69, 9.17) is 4.74 Å². The van der Waals surface area contributed by atoms with Crippen LogP contribution in [0, 0.1) is 0 Å². The van der Waals surface area contributed by atoms with Crippen molar-refractivity contribution >= 4 is 27.5 Å². The standard InChI is InChI=1S/C20H16BrNO2/c21-17-11-9-16(10-12-17)20(23)22-18-7-4-8-19(13-18)24-14-15-5-2-1-3-6-15/h1-13H,14H2,(H,22,23). The quantitative estimate of drug-likeness (QED) is 0.652. The molecule has 0 radical (unpaired) electrons. The highest BCUT2D eigenvalue weighted by molar-refractivity contribution is 9.10.